The number of fused-ring (bicyclic) bond motifs is 1. The highest BCUT2D eigenvalue weighted by atomic mass is 16.5. The second-order valence-corrected chi connectivity index (χ2v) is 4.10. The molecular weight excluding hydrogens is 256 g/mol. The summed E-state index contributed by atoms with van der Waals surface area (Å²) in [6, 6.07) is 9.61. The number of methoxy groups -OCH3 is 3. The summed E-state index contributed by atoms with van der Waals surface area (Å²) >= 11 is 0. The van der Waals surface area contributed by atoms with E-state index in [1.54, 1.807) is 20.3 Å². The molecule has 0 saturated heterocycles. The predicted molar refractivity (Wildman–Crippen MR) is 78.1 cm³/mol. The van der Waals surface area contributed by atoms with Crippen molar-refractivity contribution in [3.8, 4) is 11.5 Å². The third-order valence-electron chi connectivity index (χ3n) is 3.01. The fraction of sp³-hybridized carbons (Fsp3) is 0.188. The van der Waals surface area contributed by atoms with Crippen LogP contribution in [0.3, 0.4) is 0 Å². The molecule has 0 bridgehead atoms. The fourth-order valence-corrected chi connectivity index (χ4v) is 2.08. The average Bonchev–Trinajstić information content (AvgIpc) is 2.51. The molecule has 4 heteroatoms. The highest BCUT2D eigenvalue weighted by Gasteiger charge is 2.11. The summed E-state index contributed by atoms with van der Waals surface area (Å²) in [5, 5.41) is 1.89. The number of ether oxygens (including phenoxy) is 3. The van der Waals surface area contributed by atoms with E-state index < -0.39 is 5.97 Å². The molecule has 2 aromatic rings. The van der Waals surface area contributed by atoms with Crippen LogP contribution in [0.2, 0.25) is 0 Å². The normalized spacial score (nSPS) is 10.8. The molecule has 4 nitrogen and oxygen atoms in total. The van der Waals surface area contributed by atoms with E-state index in [4.69, 9.17) is 9.47 Å². The molecule has 0 saturated carbocycles. The number of hydrogen-bond acceptors (Lipinski definition) is 4. The summed E-state index contributed by atoms with van der Waals surface area (Å²) in [4.78, 5) is 11.2. The first-order valence-electron chi connectivity index (χ1n) is 6.11. The van der Waals surface area contributed by atoms with Crippen molar-refractivity contribution in [3.63, 3.8) is 0 Å². The zero-order valence-electron chi connectivity index (χ0n) is 11.7. The largest absolute Gasteiger partial charge is 0.496 e. The Morgan fingerprint density at radius 3 is 2.35 bits per heavy atom. The van der Waals surface area contributed by atoms with E-state index >= 15 is 0 Å². The van der Waals surface area contributed by atoms with Crippen LogP contribution in [0.5, 0.6) is 11.5 Å². The quantitative estimate of drug-likeness (QED) is 0.634. The molecule has 0 aromatic heterocycles. The summed E-state index contributed by atoms with van der Waals surface area (Å²) < 4.78 is 15.5. The van der Waals surface area contributed by atoms with Crippen LogP contribution in [0.1, 0.15) is 5.56 Å². The van der Waals surface area contributed by atoms with Crippen molar-refractivity contribution < 1.29 is 19.0 Å². The van der Waals surface area contributed by atoms with Crippen LogP contribution in [0, 0.1) is 0 Å². The molecule has 104 valence electrons. The zero-order chi connectivity index (χ0) is 14.5. The number of carbonyl (C=O) groups excluding carboxylic acids is 1. The monoisotopic (exact) mass is 272 g/mol. The zero-order valence-corrected chi connectivity index (χ0v) is 11.7. The second kappa shape index (κ2) is 6.10. The van der Waals surface area contributed by atoms with Crippen LogP contribution in [-0.2, 0) is 9.53 Å². The van der Waals surface area contributed by atoms with Crippen LogP contribution in [0.25, 0.3) is 16.8 Å². The van der Waals surface area contributed by atoms with Gasteiger partial charge in [-0.2, -0.15) is 0 Å². The summed E-state index contributed by atoms with van der Waals surface area (Å²) in [7, 11) is 4.55. The molecule has 2 aromatic carbocycles. The Morgan fingerprint density at radius 2 is 1.75 bits per heavy atom. The molecule has 0 aliphatic rings. The number of benzene rings is 2. The van der Waals surface area contributed by atoms with E-state index in [9.17, 15) is 4.79 Å². The van der Waals surface area contributed by atoms with E-state index in [2.05, 4.69) is 4.74 Å². The van der Waals surface area contributed by atoms with Crippen molar-refractivity contribution in [2.45, 2.75) is 0 Å². The lowest BCUT2D eigenvalue weighted by atomic mass is 10.0. The van der Waals surface area contributed by atoms with Gasteiger partial charge in [0.25, 0.3) is 0 Å². The Bertz CT molecular complexity index is 659. The van der Waals surface area contributed by atoms with Gasteiger partial charge in [0, 0.05) is 22.4 Å². The second-order valence-electron chi connectivity index (χ2n) is 4.10. The number of esters is 1. The Kier molecular flexibility index (Phi) is 4.25. The SMILES string of the molecule is COC(=O)/C=C/c1cc(OC)c2ccccc2c1OC. The standard InChI is InChI=1S/C16H16O4/c1-18-14-10-11(8-9-15(17)19-2)16(20-3)13-7-5-4-6-12(13)14/h4-10H,1-3H3/b9-8+. The van der Waals surface area contributed by atoms with E-state index in [1.165, 1.54) is 13.2 Å². The first-order chi connectivity index (χ1) is 9.71. The van der Waals surface area contributed by atoms with Gasteiger partial charge in [-0.25, -0.2) is 4.79 Å². The van der Waals surface area contributed by atoms with Crippen molar-refractivity contribution in [1.29, 1.82) is 0 Å². The maximum absolute atomic E-state index is 11.2. The predicted octanol–water partition coefficient (Wildman–Crippen LogP) is 3.04. The highest BCUT2D eigenvalue weighted by molar-refractivity contribution is 5.97. The van der Waals surface area contributed by atoms with E-state index in [0.29, 0.717) is 5.75 Å². The van der Waals surface area contributed by atoms with Crippen LogP contribution < -0.4 is 9.47 Å². The van der Waals surface area contributed by atoms with Gasteiger partial charge in [-0.3, -0.25) is 0 Å². The first kappa shape index (κ1) is 13.9. The minimum atomic E-state index is -0.417. The lowest BCUT2D eigenvalue weighted by Crippen LogP contribution is -1.95. The van der Waals surface area contributed by atoms with E-state index in [1.807, 2.05) is 30.3 Å². The molecule has 0 atom stereocenters. The number of carbonyl (C=O) groups is 1. The molecule has 0 amide bonds. The van der Waals surface area contributed by atoms with Gasteiger partial charge in [-0.15, -0.1) is 0 Å². The molecule has 2 rings (SSSR count). The van der Waals surface area contributed by atoms with Gasteiger partial charge in [0.2, 0.25) is 0 Å². The minimum absolute atomic E-state index is 0.417. The molecule has 0 N–H and O–H groups in total. The highest BCUT2D eigenvalue weighted by Crippen LogP contribution is 2.37. The van der Waals surface area contributed by atoms with Gasteiger partial charge in [-0.05, 0) is 12.1 Å². The molecule has 0 radical (unpaired) electrons. The topological polar surface area (TPSA) is 44.8 Å². The lowest BCUT2D eigenvalue weighted by Gasteiger charge is -2.13. The summed E-state index contributed by atoms with van der Waals surface area (Å²) in [5.74, 6) is 1.01. The summed E-state index contributed by atoms with van der Waals surface area (Å²) in [6.07, 6.45) is 3.01. The maximum atomic E-state index is 11.2. The van der Waals surface area contributed by atoms with Crippen molar-refractivity contribution in [3.05, 3.63) is 42.0 Å². The third-order valence-corrected chi connectivity index (χ3v) is 3.01. The van der Waals surface area contributed by atoms with Crippen molar-refractivity contribution in [2.75, 3.05) is 21.3 Å². The van der Waals surface area contributed by atoms with Gasteiger partial charge < -0.3 is 14.2 Å². The van der Waals surface area contributed by atoms with Crippen molar-refractivity contribution in [1.82, 2.24) is 0 Å². The molecule has 0 aliphatic carbocycles. The summed E-state index contributed by atoms with van der Waals surface area (Å²) in [5.41, 5.74) is 0.758. The van der Waals surface area contributed by atoms with Crippen LogP contribution in [-0.4, -0.2) is 27.3 Å². The van der Waals surface area contributed by atoms with Crippen LogP contribution in [0.15, 0.2) is 36.4 Å². The van der Waals surface area contributed by atoms with Gasteiger partial charge in [-0.1, -0.05) is 24.3 Å². The molecule has 20 heavy (non-hydrogen) atoms. The van der Waals surface area contributed by atoms with Gasteiger partial charge >= 0.3 is 5.97 Å². The number of rotatable bonds is 4. The Hall–Kier alpha value is -2.49. The van der Waals surface area contributed by atoms with E-state index in [0.717, 1.165) is 22.1 Å². The molecule has 0 unspecified atom stereocenters. The lowest BCUT2D eigenvalue weighted by molar-refractivity contribution is -0.134. The van der Waals surface area contributed by atoms with Gasteiger partial charge in [0.05, 0.1) is 21.3 Å². The van der Waals surface area contributed by atoms with Crippen molar-refractivity contribution >= 4 is 22.8 Å². The third kappa shape index (κ3) is 2.59. The summed E-state index contributed by atoms with van der Waals surface area (Å²) in [6.45, 7) is 0. The van der Waals surface area contributed by atoms with Crippen LogP contribution >= 0.6 is 0 Å². The molecule has 0 aliphatic heterocycles. The molecule has 0 fully saturated rings. The van der Waals surface area contributed by atoms with Gasteiger partial charge in [0.15, 0.2) is 0 Å². The van der Waals surface area contributed by atoms with Crippen molar-refractivity contribution in [2.24, 2.45) is 0 Å². The average molecular weight is 272 g/mol. The maximum Gasteiger partial charge on any atom is 0.330 e. The Labute approximate surface area is 117 Å². The molecular formula is C16H16O4. The smallest absolute Gasteiger partial charge is 0.330 e. The minimum Gasteiger partial charge on any atom is -0.496 e. The Balaban J connectivity index is 2.64. The molecule has 0 spiro atoms. The Morgan fingerprint density at radius 1 is 1.05 bits per heavy atom. The molecule has 0 heterocycles. The van der Waals surface area contributed by atoms with E-state index in [-0.39, 0.29) is 0 Å². The first-order valence-corrected chi connectivity index (χ1v) is 6.11. The van der Waals surface area contributed by atoms with Gasteiger partial charge in [0.1, 0.15) is 11.5 Å². The fourth-order valence-electron chi connectivity index (χ4n) is 2.08. The van der Waals surface area contributed by atoms with Crippen LogP contribution in [0.4, 0.5) is 0 Å². The number of hydrogen-bond donors (Lipinski definition) is 0.